The van der Waals surface area contributed by atoms with Crippen molar-refractivity contribution < 1.29 is 9.59 Å². The van der Waals surface area contributed by atoms with E-state index in [4.69, 9.17) is 0 Å². The number of aryl methyl sites for hydroxylation is 3. The zero-order chi connectivity index (χ0) is 18.4. The summed E-state index contributed by atoms with van der Waals surface area (Å²) in [5.74, 6) is -0.570. The molecule has 2 aliphatic rings. The van der Waals surface area contributed by atoms with Crippen LogP contribution in [-0.2, 0) is 16.1 Å². The van der Waals surface area contributed by atoms with Crippen LogP contribution in [0.15, 0.2) is 52.8 Å². The van der Waals surface area contributed by atoms with Gasteiger partial charge in [-0.05, 0) is 49.6 Å². The molecule has 132 valence electrons. The van der Waals surface area contributed by atoms with Crippen molar-refractivity contribution in [1.29, 1.82) is 0 Å². The minimum absolute atomic E-state index is 0.263. The van der Waals surface area contributed by atoms with Crippen molar-refractivity contribution in [3.63, 3.8) is 0 Å². The quantitative estimate of drug-likeness (QED) is 0.801. The van der Waals surface area contributed by atoms with E-state index in [1.165, 1.54) is 4.90 Å². The van der Waals surface area contributed by atoms with Crippen molar-refractivity contribution in [3.05, 3.63) is 64.7 Å². The number of imide groups is 1. The van der Waals surface area contributed by atoms with Crippen molar-refractivity contribution in [2.24, 2.45) is 10.3 Å². The lowest BCUT2D eigenvalue weighted by molar-refractivity contribution is -0.123. The number of rotatable bonds is 3. The summed E-state index contributed by atoms with van der Waals surface area (Å²) < 4.78 is 0. The Bertz CT molecular complexity index is 937. The third-order valence-corrected chi connectivity index (χ3v) is 5.03. The third-order valence-electron chi connectivity index (χ3n) is 5.03. The second-order valence-corrected chi connectivity index (χ2v) is 6.96. The van der Waals surface area contributed by atoms with Gasteiger partial charge in [0.25, 0.3) is 11.8 Å². The Hall–Kier alpha value is -3.02. The molecule has 0 radical (unpaired) electrons. The molecular weight excluding hydrogens is 328 g/mol. The number of amides is 2. The molecule has 0 aliphatic carbocycles. The van der Waals surface area contributed by atoms with Gasteiger partial charge in [0.15, 0.2) is 12.1 Å². The molecule has 1 fully saturated rings. The first-order valence-corrected chi connectivity index (χ1v) is 8.64. The second kappa shape index (κ2) is 6.05. The molecule has 2 amide bonds. The average molecular weight is 348 g/mol. The monoisotopic (exact) mass is 348 g/mol. The molecule has 0 spiro atoms. The maximum Gasteiger partial charge on any atom is 0.263 e. The number of carbonyl (C=O) groups excluding carboxylic acids is 2. The van der Waals surface area contributed by atoms with Crippen LogP contribution in [0.1, 0.15) is 22.3 Å². The van der Waals surface area contributed by atoms with Crippen molar-refractivity contribution >= 4 is 17.5 Å². The molecule has 0 aromatic heterocycles. The lowest BCUT2D eigenvalue weighted by Crippen LogP contribution is -2.39. The van der Waals surface area contributed by atoms with Gasteiger partial charge in [-0.1, -0.05) is 41.1 Å². The molecule has 2 unspecified atom stereocenters. The number of hydrogen-bond acceptors (Lipinski definition) is 5. The van der Waals surface area contributed by atoms with Gasteiger partial charge in [0.2, 0.25) is 0 Å². The van der Waals surface area contributed by atoms with Gasteiger partial charge >= 0.3 is 0 Å². The Morgan fingerprint density at radius 2 is 1.77 bits per heavy atom. The summed E-state index contributed by atoms with van der Waals surface area (Å²) >= 11 is 0. The maximum atomic E-state index is 13.0. The molecule has 0 N–H and O–H groups in total. The summed E-state index contributed by atoms with van der Waals surface area (Å²) in [7, 11) is 0. The summed E-state index contributed by atoms with van der Waals surface area (Å²) in [6.07, 6.45) is 0. The first-order valence-electron chi connectivity index (χ1n) is 8.64. The maximum absolute atomic E-state index is 13.0. The van der Waals surface area contributed by atoms with E-state index in [0.29, 0.717) is 12.2 Å². The Morgan fingerprint density at radius 1 is 0.962 bits per heavy atom. The van der Waals surface area contributed by atoms with E-state index in [2.05, 4.69) is 10.3 Å². The number of anilines is 1. The zero-order valence-electron chi connectivity index (χ0n) is 15.0. The molecule has 2 heterocycles. The number of hydrogen-bond donors (Lipinski definition) is 0. The molecule has 0 saturated carbocycles. The smallest absolute Gasteiger partial charge is 0.263 e. The number of benzene rings is 2. The lowest BCUT2D eigenvalue weighted by Gasteiger charge is -2.21. The van der Waals surface area contributed by atoms with Gasteiger partial charge in [0.05, 0.1) is 12.2 Å². The SMILES string of the molecule is Cc1cccc(CN2N=NC3C(=O)N(c4ccc(C)c(C)c4)C(=O)C32)c1. The molecule has 6 heteroatoms. The van der Waals surface area contributed by atoms with Gasteiger partial charge in [-0.3, -0.25) is 14.6 Å². The number of fused-ring (bicyclic) bond motifs is 1. The van der Waals surface area contributed by atoms with Crippen LogP contribution in [-0.4, -0.2) is 28.9 Å². The van der Waals surface area contributed by atoms with Gasteiger partial charge < -0.3 is 0 Å². The van der Waals surface area contributed by atoms with E-state index in [9.17, 15) is 9.59 Å². The highest BCUT2D eigenvalue weighted by Gasteiger charge is 2.54. The Labute approximate surface area is 152 Å². The fourth-order valence-corrected chi connectivity index (χ4v) is 3.47. The minimum atomic E-state index is -0.756. The van der Waals surface area contributed by atoms with Crippen molar-refractivity contribution in [3.8, 4) is 0 Å². The molecule has 2 aromatic carbocycles. The summed E-state index contributed by atoms with van der Waals surface area (Å²) in [6, 6.07) is 12.2. The van der Waals surface area contributed by atoms with E-state index in [1.807, 2.05) is 57.2 Å². The van der Waals surface area contributed by atoms with Crippen LogP contribution >= 0.6 is 0 Å². The summed E-state index contributed by atoms with van der Waals surface area (Å²) in [4.78, 5) is 27.0. The largest absolute Gasteiger partial charge is 0.271 e. The van der Waals surface area contributed by atoms with Crippen molar-refractivity contribution in [2.45, 2.75) is 39.4 Å². The van der Waals surface area contributed by atoms with E-state index < -0.39 is 12.1 Å². The Morgan fingerprint density at radius 3 is 2.50 bits per heavy atom. The van der Waals surface area contributed by atoms with E-state index in [0.717, 1.165) is 22.3 Å². The first kappa shape index (κ1) is 16.4. The zero-order valence-corrected chi connectivity index (χ0v) is 15.0. The number of carbonyl (C=O) groups is 2. The highest BCUT2D eigenvalue weighted by Crippen LogP contribution is 2.33. The summed E-state index contributed by atoms with van der Waals surface area (Å²) in [5, 5.41) is 9.81. The van der Waals surface area contributed by atoms with E-state index >= 15 is 0 Å². The first-order chi connectivity index (χ1) is 12.5. The van der Waals surface area contributed by atoms with Gasteiger partial charge in [0, 0.05) is 0 Å². The Kier molecular flexibility index (Phi) is 3.83. The summed E-state index contributed by atoms with van der Waals surface area (Å²) in [5.41, 5.74) is 4.94. The highest BCUT2D eigenvalue weighted by atomic mass is 16.2. The molecular formula is C20H20N4O2. The van der Waals surface area contributed by atoms with Crippen LogP contribution in [0.3, 0.4) is 0 Å². The van der Waals surface area contributed by atoms with Crippen molar-refractivity contribution in [1.82, 2.24) is 5.01 Å². The summed E-state index contributed by atoms with van der Waals surface area (Å²) in [6.45, 7) is 6.43. The van der Waals surface area contributed by atoms with Crippen LogP contribution in [0.25, 0.3) is 0 Å². The molecule has 4 rings (SSSR count). The van der Waals surface area contributed by atoms with Gasteiger partial charge in [-0.2, -0.15) is 5.11 Å². The molecule has 2 aromatic rings. The normalized spacial score (nSPS) is 21.7. The standard InChI is InChI=1S/C20H20N4O2/c1-12-5-4-6-15(9-12)11-23-18-17(21-22-23)19(25)24(20(18)26)16-8-7-13(2)14(3)10-16/h4-10,17-18H,11H2,1-3H3. The second-order valence-electron chi connectivity index (χ2n) is 6.96. The number of nitrogens with zero attached hydrogens (tertiary/aromatic N) is 4. The Balaban J connectivity index is 1.62. The fourth-order valence-electron chi connectivity index (χ4n) is 3.47. The van der Waals surface area contributed by atoms with Gasteiger partial charge in [0.1, 0.15) is 0 Å². The van der Waals surface area contributed by atoms with Crippen LogP contribution in [0.4, 0.5) is 5.69 Å². The van der Waals surface area contributed by atoms with Crippen molar-refractivity contribution in [2.75, 3.05) is 4.90 Å². The van der Waals surface area contributed by atoms with Crippen LogP contribution < -0.4 is 4.90 Å². The van der Waals surface area contributed by atoms with Gasteiger partial charge in [-0.25, -0.2) is 4.90 Å². The average Bonchev–Trinajstić information content (AvgIpc) is 3.11. The molecule has 1 saturated heterocycles. The molecule has 0 bridgehead atoms. The topological polar surface area (TPSA) is 65.3 Å². The lowest BCUT2D eigenvalue weighted by atomic mass is 10.1. The minimum Gasteiger partial charge on any atom is -0.271 e. The predicted molar refractivity (Wildman–Crippen MR) is 97.6 cm³/mol. The van der Waals surface area contributed by atoms with E-state index in [-0.39, 0.29) is 11.8 Å². The van der Waals surface area contributed by atoms with Crippen LogP contribution in [0.5, 0.6) is 0 Å². The molecule has 2 atom stereocenters. The molecule has 2 aliphatic heterocycles. The van der Waals surface area contributed by atoms with E-state index in [1.54, 1.807) is 11.1 Å². The highest BCUT2D eigenvalue weighted by molar-refractivity contribution is 6.25. The third kappa shape index (κ3) is 2.58. The van der Waals surface area contributed by atoms with Crippen LogP contribution in [0.2, 0.25) is 0 Å². The predicted octanol–water partition coefficient (Wildman–Crippen LogP) is 3.11. The van der Waals surface area contributed by atoms with Gasteiger partial charge in [-0.15, -0.1) is 0 Å². The molecule has 26 heavy (non-hydrogen) atoms. The van der Waals surface area contributed by atoms with Crippen LogP contribution in [0, 0.1) is 20.8 Å². The fraction of sp³-hybridized carbons (Fsp3) is 0.300. The molecule has 6 nitrogen and oxygen atoms in total.